The standard InChI is InChI=1S/C27H32N8O2/c1-15(14-36)35-24-13-32(5)11-16(2)37-27-25(18(4)30-33(27)6)22-12-34-23(17(3)29-22)10-28-26(34)19-7-8-21(31-35)20(24)9-19/h7-10,12,15-16,36H,11,13-14H2,1-6H3/t15-,16-/m0/s1. The van der Waals surface area contributed by atoms with Crippen LogP contribution in [-0.2, 0) is 13.6 Å². The SMILES string of the molecule is Cc1nn(C)c2c1-c1cn3c(ncc3c(C)n1)-c1ccc3nn([C@@H](C)CO)c(c3c1)CN(C)C[C@H](C)O2. The normalized spacial score (nSPS) is 17.2. The summed E-state index contributed by atoms with van der Waals surface area (Å²) in [5.41, 5.74) is 7.33. The molecule has 0 aliphatic carbocycles. The van der Waals surface area contributed by atoms with Crippen molar-refractivity contribution in [1.29, 1.82) is 0 Å². The fourth-order valence-electron chi connectivity index (χ4n) is 5.43. The molecule has 37 heavy (non-hydrogen) atoms. The van der Waals surface area contributed by atoms with Crippen molar-refractivity contribution < 1.29 is 9.84 Å². The van der Waals surface area contributed by atoms with Gasteiger partial charge in [0.25, 0.3) is 0 Å². The molecule has 5 heterocycles. The topological polar surface area (TPSA) is 98.5 Å². The smallest absolute Gasteiger partial charge is 0.221 e. The Morgan fingerprint density at radius 2 is 1.97 bits per heavy atom. The summed E-state index contributed by atoms with van der Waals surface area (Å²) < 4.78 is 12.4. The van der Waals surface area contributed by atoms with E-state index >= 15 is 0 Å². The Bertz CT molecular complexity index is 1650. The van der Waals surface area contributed by atoms with Gasteiger partial charge in [-0.25, -0.2) is 14.6 Å². The maximum Gasteiger partial charge on any atom is 0.221 e. The van der Waals surface area contributed by atoms with Gasteiger partial charge in [-0.05, 0) is 52.9 Å². The second-order valence-electron chi connectivity index (χ2n) is 10.2. The highest BCUT2D eigenvalue weighted by atomic mass is 16.5. The van der Waals surface area contributed by atoms with E-state index in [9.17, 15) is 5.11 Å². The Labute approximate surface area is 215 Å². The summed E-state index contributed by atoms with van der Waals surface area (Å²) in [4.78, 5) is 12.0. The molecule has 1 aromatic carbocycles. The summed E-state index contributed by atoms with van der Waals surface area (Å²) in [6.45, 7) is 9.40. The second kappa shape index (κ2) is 8.67. The first-order valence-electron chi connectivity index (χ1n) is 12.6. The Hall–Kier alpha value is -3.76. The molecule has 0 radical (unpaired) electrons. The molecule has 2 atom stereocenters. The fourth-order valence-corrected chi connectivity index (χ4v) is 5.43. The molecule has 0 spiro atoms. The van der Waals surface area contributed by atoms with Gasteiger partial charge in [0.15, 0.2) is 0 Å². The molecule has 1 aliphatic heterocycles. The van der Waals surface area contributed by atoms with Crippen LogP contribution in [0.5, 0.6) is 5.88 Å². The molecular formula is C27H32N8O2. The fraction of sp³-hybridized carbons (Fsp3) is 0.407. The van der Waals surface area contributed by atoms with E-state index in [0.717, 1.165) is 56.1 Å². The number of aromatic nitrogens is 7. The number of aryl methyl sites for hydroxylation is 3. The third kappa shape index (κ3) is 3.79. The zero-order valence-corrected chi connectivity index (χ0v) is 22.1. The summed E-state index contributed by atoms with van der Waals surface area (Å²) in [7, 11) is 3.98. The summed E-state index contributed by atoms with van der Waals surface area (Å²) in [5.74, 6) is 1.53. The Morgan fingerprint density at radius 1 is 1.16 bits per heavy atom. The number of rotatable bonds is 2. The number of imidazole rings is 1. The zero-order valence-electron chi connectivity index (χ0n) is 22.1. The number of fused-ring (bicyclic) bond motifs is 5. The Morgan fingerprint density at radius 3 is 2.76 bits per heavy atom. The molecule has 192 valence electrons. The van der Waals surface area contributed by atoms with E-state index in [2.05, 4.69) is 40.5 Å². The minimum absolute atomic E-state index is 0.0135. The quantitative estimate of drug-likeness (QED) is 0.396. The lowest BCUT2D eigenvalue weighted by atomic mass is 10.1. The highest BCUT2D eigenvalue weighted by molar-refractivity contribution is 5.86. The average Bonchev–Trinajstić information content (AvgIpc) is 3.51. The van der Waals surface area contributed by atoms with Crippen LogP contribution >= 0.6 is 0 Å². The first-order chi connectivity index (χ1) is 17.7. The lowest BCUT2D eigenvalue weighted by Gasteiger charge is -2.24. The molecule has 0 saturated heterocycles. The molecule has 4 bridgehead atoms. The predicted molar refractivity (Wildman–Crippen MR) is 142 cm³/mol. The van der Waals surface area contributed by atoms with Crippen molar-refractivity contribution in [1.82, 2.24) is 38.8 Å². The third-order valence-electron chi connectivity index (χ3n) is 7.17. The summed E-state index contributed by atoms with van der Waals surface area (Å²) in [5, 5.41) is 20.5. The third-order valence-corrected chi connectivity index (χ3v) is 7.17. The van der Waals surface area contributed by atoms with E-state index in [1.807, 2.05) is 51.0 Å². The molecule has 0 unspecified atom stereocenters. The molecule has 1 N–H and O–H groups in total. The maximum atomic E-state index is 9.94. The molecule has 5 aromatic rings. The van der Waals surface area contributed by atoms with Crippen molar-refractivity contribution in [3.63, 3.8) is 0 Å². The molecule has 1 aliphatic rings. The molecule has 6 rings (SSSR count). The van der Waals surface area contributed by atoms with Crippen LogP contribution in [0.4, 0.5) is 0 Å². The van der Waals surface area contributed by atoms with Crippen molar-refractivity contribution in [2.24, 2.45) is 7.05 Å². The summed E-state index contributed by atoms with van der Waals surface area (Å²) in [6, 6.07) is 6.12. The minimum Gasteiger partial charge on any atom is -0.473 e. The lowest BCUT2D eigenvalue weighted by Crippen LogP contribution is -2.32. The van der Waals surface area contributed by atoms with E-state index in [4.69, 9.17) is 19.8 Å². The number of likely N-dealkylation sites (N-methyl/N-ethyl adjacent to an activating group) is 1. The largest absolute Gasteiger partial charge is 0.473 e. The van der Waals surface area contributed by atoms with Gasteiger partial charge < -0.3 is 9.84 Å². The van der Waals surface area contributed by atoms with Gasteiger partial charge in [-0.15, -0.1) is 0 Å². The van der Waals surface area contributed by atoms with Gasteiger partial charge in [0.05, 0.1) is 58.2 Å². The first-order valence-corrected chi connectivity index (χ1v) is 12.6. The summed E-state index contributed by atoms with van der Waals surface area (Å²) in [6.07, 6.45) is 3.79. The Balaban J connectivity index is 1.65. The second-order valence-corrected chi connectivity index (χ2v) is 10.2. The number of hydrogen-bond donors (Lipinski definition) is 1. The maximum absolute atomic E-state index is 9.94. The van der Waals surface area contributed by atoms with E-state index < -0.39 is 0 Å². The van der Waals surface area contributed by atoms with Gasteiger partial charge in [0, 0.05) is 37.3 Å². The van der Waals surface area contributed by atoms with Crippen LogP contribution in [0, 0.1) is 13.8 Å². The van der Waals surface area contributed by atoms with Crippen LogP contribution in [0.2, 0.25) is 0 Å². The number of aliphatic hydroxyl groups is 1. The van der Waals surface area contributed by atoms with Crippen molar-refractivity contribution in [3.05, 3.63) is 47.7 Å². The Kier molecular flexibility index (Phi) is 5.54. The lowest BCUT2D eigenvalue weighted by molar-refractivity contribution is 0.145. The van der Waals surface area contributed by atoms with Crippen LogP contribution in [-0.4, -0.2) is 70.2 Å². The predicted octanol–water partition coefficient (Wildman–Crippen LogP) is 3.53. The molecule has 0 fully saturated rings. The van der Waals surface area contributed by atoms with Crippen LogP contribution in [0.3, 0.4) is 0 Å². The van der Waals surface area contributed by atoms with Gasteiger partial charge in [-0.1, -0.05) is 0 Å². The number of aliphatic hydroxyl groups excluding tert-OH is 1. The van der Waals surface area contributed by atoms with Crippen LogP contribution < -0.4 is 4.74 Å². The van der Waals surface area contributed by atoms with Gasteiger partial charge in [0.1, 0.15) is 11.9 Å². The van der Waals surface area contributed by atoms with Gasteiger partial charge >= 0.3 is 0 Å². The number of nitrogens with zero attached hydrogens (tertiary/aromatic N) is 8. The molecule has 10 nitrogen and oxygen atoms in total. The van der Waals surface area contributed by atoms with Gasteiger partial charge in [-0.2, -0.15) is 10.2 Å². The van der Waals surface area contributed by atoms with E-state index in [-0.39, 0.29) is 18.8 Å². The molecule has 0 amide bonds. The van der Waals surface area contributed by atoms with Crippen LogP contribution in [0.15, 0.2) is 30.6 Å². The van der Waals surface area contributed by atoms with Crippen LogP contribution in [0.1, 0.15) is 37.0 Å². The average molecular weight is 501 g/mol. The van der Waals surface area contributed by atoms with E-state index in [1.165, 1.54) is 0 Å². The van der Waals surface area contributed by atoms with Gasteiger partial charge in [0.2, 0.25) is 5.88 Å². The number of hydrogen-bond acceptors (Lipinski definition) is 7. The zero-order chi connectivity index (χ0) is 26.0. The minimum atomic E-state index is -0.140. The highest BCUT2D eigenvalue weighted by Crippen LogP contribution is 2.35. The van der Waals surface area contributed by atoms with Crippen molar-refractivity contribution in [2.75, 3.05) is 20.2 Å². The molecule has 0 saturated carbocycles. The number of ether oxygens (including phenoxy) is 1. The molecule has 10 heteroatoms. The molecular weight excluding hydrogens is 468 g/mol. The highest BCUT2D eigenvalue weighted by Gasteiger charge is 2.24. The van der Waals surface area contributed by atoms with E-state index in [1.54, 1.807) is 4.68 Å². The first kappa shape index (κ1) is 23.6. The molecule has 4 aromatic heterocycles. The monoisotopic (exact) mass is 500 g/mol. The van der Waals surface area contributed by atoms with Crippen molar-refractivity contribution >= 4 is 16.4 Å². The van der Waals surface area contributed by atoms with E-state index in [0.29, 0.717) is 19.0 Å². The van der Waals surface area contributed by atoms with Crippen molar-refractivity contribution in [3.8, 4) is 28.5 Å². The van der Waals surface area contributed by atoms with Crippen molar-refractivity contribution in [2.45, 2.75) is 46.4 Å². The van der Waals surface area contributed by atoms with Crippen LogP contribution in [0.25, 0.3) is 39.1 Å². The van der Waals surface area contributed by atoms with Gasteiger partial charge in [-0.3, -0.25) is 14.0 Å². The summed E-state index contributed by atoms with van der Waals surface area (Å²) >= 11 is 0. The number of benzene rings is 1.